The van der Waals surface area contributed by atoms with Gasteiger partial charge in [0, 0.05) is 54.9 Å². The van der Waals surface area contributed by atoms with Crippen molar-refractivity contribution in [2.24, 2.45) is 5.73 Å². The van der Waals surface area contributed by atoms with Gasteiger partial charge < -0.3 is 25.8 Å². The van der Waals surface area contributed by atoms with Crippen molar-refractivity contribution in [3.8, 4) is 5.75 Å². The Labute approximate surface area is 187 Å². The second-order valence-corrected chi connectivity index (χ2v) is 8.13. The highest BCUT2D eigenvalue weighted by molar-refractivity contribution is 5.94. The van der Waals surface area contributed by atoms with Crippen LogP contribution in [0.15, 0.2) is 55.0 Å². The zero-order valence-electron chi connectivity index (χ0n) is 18.0. The van der Waals surface area contributed by atoms with E-state index in [2.05, 4.69) is 20.2 Å². The lowest BCUT2D eigenvalue weighted by Crippen LogP contribution is -2.51. The van der Waals surface area contributed by atoms with E-state index in [1.54, 1.807) is 36.7 Å². The molecule has 0 bridgehead atoms. The standard InChI is InChI=1S/C24H29N5O3/c25-10-1-15-32-19-4-2-18(3-5-19)23(30)28-17-24(31)8-13-29(14-9-24)22-7-12-27-21-6-11-26-16-20(21)22/h2-7,11-12,16,31H,1,8-10,13-15,17,25H2,(H,28,30). The molecule has 0 atom stereocenters. The van der Waals surface area contributed by atoms with Gasteiger partial charge in [0.15, 0.2) is 0 Å². The van der Waals surface area contributed by atoms with Crippen LogP contribution in [-0.2, 0) is 0 Å². The van der Waals surface area contributed by atoms with Crippen LogP contribution in [0.4, 0.5) is 5.69 Å². The third-order valence-electron chi connectivity index (χ3n) is 5.87. The Morgan fingerprint density at radius 3 is 2.69 bits per heavy atom. The van der Waals surface area contributed by atoms with Crippen molar-refractivity contribution in [2.75, 3.05) is 37.7 Å². The molecule has 2 aromatic heterocycles. The van der Waals surface area contributed by atoms with Crippen molar-refractivity contribution in [3.63, 3.8) is 0 Å². The number of fused-ring (bicyclic) bond motifs is 1. The van der Waals surface area contributed by atoms with Crippen molar-refractivity contribution >= 4 is 22.5 Å². The highest BCUT2D eigenvalue weighted by Gasteiger charge is 2.33. The van der Waals surface area contributed by atoms with E-state index in [0.717, 1.165) is 23.0 Å². The second-order valence-electron chi connectivity index (χ2n) is 8.13. The summed E-state index contributed by atoms with van der Waals surface area (Å²) in [6.07, 6.45) is 7.27. The minimum absolute atomic E-state index is 0.208. The van der Waals surface area contributed by atoms with Crippen LogP contribution in [0.25, 0.3) is 10.9 Å². The lowest BCUT2D eigenvalue weighted by Gasteiger charge is -2.39. The van der Waals surface area contributed by atoms with Crippen molar-refractivity contribution < 1.29 is 14.6 Å². The van der Waals surface area contributed by atoms with Gasteiger partial charge in [-0.25, -0.2) is 0 Å². The largest absolute Gasteiger partial charge is 0.494 e. The summed E-state index contributed by atoms with van der Waals surface area (Å²) in [6.45, 7) is 2.73. The number of rotatable bonds is 8. The average Bonchev–Trinajstić information content (AvgIpc) is 2.83. The Hall–Kier alpha value is -3.23. The molecule has 8 heteroatoms. The second kappa shape index (κ2) is 9.93. The first-order valence-corrected chi connectivity index (χ1v) is 11.0. The van der Waals surface area contributed by atoms with E-state index in [0.29, 0.717) is 50.4 Å². The van der Waals surface area contributed by atoms with E-state index in [4.69, 9.17) is 10.5 Å². The number of benzene rings is 1. The molecule has 168 valence electrons. The molecule has 1 amide bonds. The Morgan fingerprint density at radius 2 is 1.94 bits per heavy atom. The van der Waals surface area contributed by atoms with Gasteiger partial charge in [0.1, 0.15) is 5.75 Å². The molecule has 3 aromatic rings. The fourth-order valence-electron chi connectivity index (χ4n) is 3.91. The fraction of sp³-hybridized carbons (Fsp3) is 0.375. The highest BCUT2D eigenvalue weighted by atomic mass is 16.5. The number of carbonyl (C=O) groups is 1. The van der Waals surface area contributed by atoms with Gasteiger partial charge in [-0.1, -0.05) is 0 Å². The molecule has 4 rings (SSSR count). The van der Waals surface area contributed by atoms with Crippen LogP contribution in [0.3, 0.4) is 0 Å². The van der Waals surface area contributed by atoms with Gasteiger partial charge in [-0.3, -0.25) is 14.8 Å². The summed E-state index contributed by atoms with van der Waals surface area (Å²) in [6, 6.07) is 10.9. The normalized spacial score (nSPS) is 15.5. The van der Waals surface area contributed by atoms with Gasteiger partial charge in [0.25, 0.3) is 5.91 Å². The number of piperidine rings is 1. The van der Waals surface area contributed by atoms with Crippen molar-refractivity contribution in [1.82, 2.24) is 15.3 Å². The summed E-state index contributed by atoms with van der Waals surface area (Å²) in [5.74, 6) is 0.500. The van der Waals surface area contributed by atoms with Crippen LogP contribution >= 0.6 is 0 Å². The Balaban J connectivity index is 1.30. The van der Waals surface area contributed by atoms with Gasteiger partial charge in [-0.2, -0.15) is 0 Å². The molecule has 3 heterocycles. The molecule has 0 aliphatic carbocycles. The minimum Gasteiger partial charge on any atom is -0.494 e. The molecule has 0 saturated carbocycles. The maximum absolute atomic E-state index is 12.5. The molecule has 0 unspecified atom stereocenters. The summed E-state index contributed by atoms with van der Waals surface area (Å²) < 4.78 is 5.56. The maximum Gasteiger partial charge on any atom is 0.251 e. The van der Waals surface area contributed by atoms with E-state index >= 15 is 0 Å². The highest BCUT2D eigenvalue weighted by Crippen LogP contribution is 2.30. The number of aliphatic hydroxyl groups is 1. The maximum atomic E-state index is 12.5. The molecule has 1 saturated heterocycles. The number of nitrogens with two attached hydrogens (primary N) is 1. The summed E-state index contributed by atoms with van der Waals surface area (Å²) in [5, 5.41) is 14.9. The number of aromatic nitrogens is 2. The van der Waals surface area contributed by atoms with Crippen LogP contribution in [0, 0.1) is 0 Å². The number of hydrogen-bond acceptors (Lipinski definition) is 7. The number of nitrogens with zero attached hydrogens (tertiary/aromatic N) is 3. The number of pyridine rings is 2. The van der Waals surface area contributed by atoms with Crippen LogP contribution in [0.5, 0.6) is 5.75 Å². The lowest BCUT2D eigenvalue weighted by molar-refractivity contribution is 0.0166. The van der Waals surface area contributed by atoms with Gasteiger partial charge in [-0.05, 0) is 62.2 Å². The lowest BCUT2D eigenvalue weighted by atomic mass is 9.90. The predicted octanol–water partition coefficient (Wildman–Crippen LogP) is 2.12. The van der Waals surface area contributed by atoms with Gasteiger partial charge in [-0.15, -0.1) is 0 Å². The zero-order chi connectivity index (χ0) is 22.4. The first-order valence-electron chi connectivity index (χ1n) is 11.0. The molecule has 0 radical (unpaired) electrons. The SMILES string of the molecule is NCCCOc1ccc(C(=O)NCC2(O)CCN(c3ccnc4ccncc34)CC2)cc1. The molecule has 0 spiro atoms. The topological polar surface area (TPSA) is 114 Å². The van der Waals surface area contributed by atoms with E-state index in [1.807, 2.05) is 18.3 Å². The van der Waals surface area contributed by atoms with E-state index in [-0.39, 0.29) is 12.5 Å². The number of anilines is 1. The van der Waals surface area contributed by atoms with Gasteiger partial charge in [0.2, 0.25) is 0 Å². The molecule has 1 aliphatic rings. The van der Waals surface area contributed by atoms with Crippen LogP contribution < -0.4 is 20.7 Å². The minimum atomic E-state index is -0.932. The van der Waals surface area contributed by atoms with E-state index in [9.17, 15) is 9.90 Å². The summed E-state index contributed by atoms with van der Waals surface area (Å²) in [4.78, 5) is 23.4. The van der Waals surface area contributed by atoms with Crippen LogP contribution in [-0.4, -0.2) is 59.4 Å². The van der Waals surface area contributed by atoms with E-state index in [1.165, 1.54) is 0 Å². The molecular weight excluding hydrogens is 406 g/mol. The van der Waals surface area contributed by atoms with Gasteiger partial charge in [0.05, 0.1) is 17.7 Å². The molecule has 8 nitrogen and oxygen atoms in total. The summed E-state index contributed by atoms with van der Waals surface area (Å²) >= 11 is 0. The number of ether oxygens (including phenoxy) is 1. The average molecular weight is 436 g/mol. The predicted molar refractivity (Wildman–Crippen MR) is 124 cm³/mol. The molecule has 1 fully saturated rings. The van der Waals surface area contributed by atoms with Crippen molar-refractivity contribution in [1.29, 1.82) is 0 Å². The Morgan fingerprint density at radius 1 is 1.16 bits per heavy atom. The monoisotopic (exact) mass is 435 g/mol. The molecular formula is C24H29N5O3. The zero-order valence-corrected chi connectivity index (χ0v) is 18.0. The summed E-state index contributed by atoms with van der Waals surface area (Å²) in [7, 11) is 0. The van der Waals surface area contributed by atoms with Crippen molar-refractivity contribution in [2.45, 2.75) is 24.9 Å². The molecule has 32 heavy (non-hydrogen) atoms. The number of amides is 1. The number of nitrogens with one attached hydrogen (secondary N) is 1. The first kappa shape index (κ1) is 22.0. The van der Waals surface area contributed by atoms with Crippen LogP contribution in [0.1, 0.15) is 29.6 Å². The Kier molecular flexibility index (Phi) is 6.82. The molecule has 4 N–H and O–H groups in total. The van der Waals surface area contributed by atoms with E-state index < -0.39 is 5.60 Å². The third kappa shape index (κ3) is 5.15. The number of hydrogen-bond donors (Lipinski definition) is 3. The van der Waals surface area contributed by atoms with Crippen molar-refractivity contribution in [3.05, 3.63) is 60.6 Å². The quantitative estimate of drug-likeness (QED) is 0.465. The number of carbonyl (C=O) groups excluding carboxylic acids is 1. The molecule has 1 aliphatic heterocycles. The smallest absolute Gasteiger partial charge is 0.251 e. The van der Waals surface area contributed by atoms with Crippen LogP contribution in [0.2, 0.25) is 0 Å². The van der Waals surface area contributed by atoms with Gasteiger partial charge >= 0.3 is 0 Å². The fourth-order valence-corrected chi connectivity index (χ4v) is 3.91. The Bertz CT molecular complexity index is 1040. The summed E-state index contributed by atoms with van der Waals surface area (Å²) in [5.41, 5.74) is 7.04. The molecule has 1 aromatic carbocycles. The third-order valence-corrected chi connectivity index (χ3v) is 5.87. The first-order chi connectivity index (χ1) is 15.6.